The fourth-order valence-corrected chi connectivity index (χ4v) is 3.58. The molecule has 0 unspecified atom stereocenters. The molecule has 2 aliphatic rings. The van der Waals surface area contributed by atoms with Crippen molar-refractivity contribution in [2.75, 3.05) is 24.5 Å². The van der Waals surface area contributed by atoms with Crippen LogP contribution in [0.5, 0.6) is 0 Å². The number of benzene rings is 1. The average molecular weight is 311 g/mol. The lowest BCUT2D eigenvalue weighted by atomic mass is 10.0. The molecule has 6 heteroatoms. The summed E-state index contributed by atoms with van der Waals surface area (Å²) in [5.41, 5.74) is 2.67. The van der Waals surface area contributed by atoms with Crippen molar-refractivity contribution < 1.29 is 4.79 Å². The second-order valence-corrected chi connectivity index (χ2v) is 6.44. The van der Waals surface area contributed by atoms with E-state index in [0.29, 0.717) is 24.2 Å². The maximum atomic E-state index is 12.8. The highest BCUT2D eigenvalue weighted by atomic mass is 16.2. The van der Waals surface area contributed by atoms with E-state index in [1.165, 1.54) is 5.56 Å². The minimum atomic E-state index is -0.0537. The molecule has 23 heavy (non-hydrogen) atoms. The van der Waals surface area contributed by atoms with Crippen molar-refractivity contribution in [3.63, 3.8) is 0 Å². The molecule has 1 aromatic heterocycles. The molecule has 4 rings (SSSR count). The first kappa shape index (κ1) is 14.4. The summed E-state index contributed by atoms with van der Waals surface area (Å²) in [6.45, 7) is 4.84. The Balaban J connectivity index is 1.57. The molecule has 3 heterocycles. The maximum absolute atomic E-state index is 12.8. The largest absolute Gasteiger partial charge is 0.317 e. The van der Waals surface area contributed by atoms with E-state index in [-0.39, 0.29) is 5.91 Å². The Bertz CT molecular complexity index is 719. The lowest BCUT2D eigenvalue weighted by molar-refractivity contribution is 0.0983. The molecule has 1 atom stereocenters. The highest BCUT2D eigenvalue weighted by Gasteiger charge is 2.31. The number of hydrogen-bond acceptors (Lipinski definition) is 4. The quantitative estimate of drug-likeness (QED) is 0.921. The van der Waals surface area contributed by atoms with Gasteiger partial charge < -0.3 is 10.2 Å². The molecular formula is C17H21N5O. The molecule has 0 saturated carbocycles. The van der Waals surface area contributed by atoms with Gasteiger partial charge in [-0.15, -0.1) is 5.10 Å². The number of nitrogens with zero attached hydrogens (tertiary/aromatic N) is 4. The van der Waals surface area contributed by atoms with Gasteiger partial charge in [-0.1, -0.05) is 30.3 Å². The van der Waals surface area contributed by atoms with Crippen molar-refractivity contribution in [2.45, 2.75) is 31.7 Å². The number of piperidine rings is 1. The number of amides is 1. The van der Waals surface area contributed by atoms with Crippen LogP contribution in [0.15, 0.2) is 30.5 Å². The predicted molar refractivity (Wildman–Crippen MR) is 87.7 cm³/mol. The van der Waals surface area contributed by atoms with Crippen molar-refractivity contribution in [1.82, 2.24) is 20.3 Å². The average Bonchev–Trinajstić information content (AvgIpc) is 3.21. The third-order valence-corrected chi connectivity index (χ3v) is 4.87. The van der Waals surface area contributed by atoms with E-state index in [4.69, 9.17) is 0 Å². The van der Waals surface area contributed by atoms with Gasteiger partial charge in [0.2, 0.25) is 0 Å². The molecule has 0 aliphatic carbocycles. The third kappa shape index (κ3) is 2.53. The number of aromatic nitrogens is 3. The highest BCUT2D eigenvalue weighted by molar-refractivity contribution is 6.06. The van der Waals surface area contributed by atoms with Crippen LogP contribution >= 0.6 is 0 Å². The standard InChI is InChI=1S/C17H21N5O/c1-12-10-21(16-5-3-2-4-14(12)16)17(23)15-11-22(20-19-15)13-6-8-18-9-7-13/h2-5,11-13,18H,6-10H2,1H3/t12-/m0/s1. The van der Waals surface area contributed by atoms with Gasteiger partial charge >= 0.3 is 0 Å². The number of fused-ring (bicyclic) bond motifs is 1. The monoisotopic (exact) mass is 311 g/mol. The fourth-order valence-electron chi connectivity index (χ4n) is 3.58. The van der Waals surface area contributed by atoms with Crippen LogP contribution in [0, 0.1) is 0 Å². The number of hydrogen-bond donors (Lipinski definition) is 1. The molecule has 0 bridgehead atoms. The molecular weight excluding hydrogens is 290 g/mol. The van der Waals surface area contributed by atoms with E-state index in [9.17, 15) is 4.79 Å². The van der Waals surface area contributed by atoms with E-state index in [2.05, 4.69) is 28.6 Å². The normalized spacial score (nSPS) is 21.4. The second kappa shape index (κ2) is 5.77. The molecule has 2 aliphatic heterocycles. The van der Waals surface area contributed by atoms with Crippen LogP contribution in [0.25, 0.3) is 0 Å². The Labute approximate surface area is 135 Å². The topological polar surface area (TPSA) is 63.1 Å². The lowest BCUT2D eigenvalue weighted by Gasteiger charge is -2.22. The molecule has 6 nitrogen and oxygen atoms in total. The molecule has 2 aromatic rings. The molecule has 1 aromatic carbocycles. The fraction of sp³-hybridized carbons (Fsp3) is 0.471. The minimum Gasteiger partial charge on any atom is -0.317 e. The Kier molecular flexibility index (Phi) is 3.61. The maximum Gasteiger partial charge on any atom is 0.280 e. The van der Waals surface area contributed by atoms with Crippen molar-refractivity contribution in [3.05, 3.63) is 41.7 Å². The smallest absolute Gasteiger partial charge is 0.280 e. The van der Waals surface area contributed by atoms with Gasteiger partial charge in [0, 0.05) is 18.2 Å². The number of carbonyl (C=O) groups is 1. The summed E-state index contributed by atoms with van der Waals surface area (Å²) >= 11 is 0. The van der Waals surface area contributed by atoms with Crippen LogP contribution < -0.4 is 10.2 Å². The van der Waals surface area contributed by atoms with E-state index in [1.54, 1.807) is 0 Å². The van der Waals surface area contributed by atoms with E-state index < -0.39 is 0 Å². The summed E-state index contributed by atoms with van der Waals surface area (Å²) in [6, 6.07) is 8.45. The zero-order chi connectivity index (χ0) is 15.8. The van der Waals surface area contributed by atoms with E-state index in [1.807, 2.05) is 34.0 Å². The number of nitrogens with one attached hydrogen (secondary N) is 1. The van der Waals surface area contributed by atoms with Gasteiger partial charge in [-0.3, -0.25) is 4.79 Å². The second-order valence-electron chi connectivity index (χ2n) is 6.44. The summed E-state index contributed by atoms with van der Waals surface area (Å²) in [7, 11) is 0. The molecule has 0 radical (unpaired) electrons. The summed E-state index contributed by atoms with van der Waals surface area (Å²) in [4.78, 5) is 14.7. The van der Waals surface area contributed by atoms with Gasteiger partial charge in [-0.2, -0.15) is 0 Å². The lowest BCUT2D eigenvalue weighted by Crippen LogP contribution is -2.30. The summed E-state index contributed by atoms with van der Waals surface area (Å²) < 4.78 is 1.86. The van der Waals surface area contributed by atoms with Crippen LogP contribution in [0.4, 0.5) is 5.69 Å². The SMILES string of the molecule is C[C@H]1CN(C(=O)c2cn(C3CCNCC3)nn2)c2ccccc21. The molecule has 0 spiro atoms. The predicted octanol–water partition coefficient (Wildman–Crippen LogP) is 1.97. The number of rotatable bonds is 2. The zero-order valence-corrected chi connectivity index (χ0v) is 13.3. The van der Waals surface area contributed by atoms with Crippen molar-refractivity contribution >= 4 is 11.6 Å². The van der Waals surface area contributed by atoms with Crippen molar-refractivity contribution in [3.8, 4) is 0 Å². The van der Waals surface area contributed by atoms with Gasteiger partial charge in [-0.05, 0) is 37.6 Å². The van der Waals surface area contributed by atoms with Crippen LogP contribution in [0.2, 0.25) is 0 Å². The van der Waals surface area contributed by atoms with Gasteiger partial charge in [0.1, 0.15) is 0 Å². The molecule has 1 saturated heterocycles. The number of anilines is 1. The Morgan fingerprint density at radius 1 is 1.26 bits per heavy atom. The van der Waals surface area contributed by atoms with Gasteiger partial charge in [0.05, 0.1) is 12.2 Å². The van der Waals surface area contributed by atoms with Crippen molar-refractivity contribution in [2.24, 2.45) is 0 Å². The molecule has 1 amide bonds. The molecule has 120 valence electrons. The van der Waals surface area contributed by atoms with E-state index >= 15 is 0 Å². The van der Waals surface area contributed by atoms with Crippen LogP contribution in [-0.4, -0.2) is 40.5 Å². The molecule has 1 N–H and O–H groups in total. The summed E-state index contributed by atoms with van der Waals surface area (Å²) in [6.07, 6.45) is 3.87. The van der Waals surface area contributed by atoms with Gasteiger partial charge in [0.15, 0.2) is 5.69 Å². The summed E-state index contributed by atoms with van der Waals surface area (Å²) in [5, 5.41) is 11.7. The third-order valence-electron chi connectivity index (χ3n) is 4.87. The van der Waals surface area contributed by atoms with E-state index in [0.717, 1.165) is 31.6 Å². The first-order valence-electron chi connectivity index (χ1n) is 8.27. The Morgan fingerprint density at radius 3 is 2.87 bits per heavy atom. The highest BCUT2D eigenvalue weighted by Crippen LogP contribution is 2.36. The Morgan fingerprint density at radius 2 is 2.04 bits per heavy atom. The summed E-state index contributed by atoms with van der Waals surface area (Å²) in [5.74, 6) is 0.302. The van der Waals surface area contributed by atoms with Crippen LogP contribution in [-0.2, 0) is 0 Å². The van der Waals surface area contributed by atoms with Gasteiger partial charge in [0.25, 0.3) is 5.91 Å². The van der Waals surface area contributed by atoms with Crippen LogP contribution in [0.1, 0.15) is 47.8 Å². The number of para-hydroxylation sites is 1. The van der Waals surface area contributed by atoms with Gasteiger partial charge in [-0.25, -0.2) is 4.68 Å². The zero-order valence-electron chi connectivity index (χ0n) is 13.3. The molecule has 1 fully saturated rings. The Hall–Kier alpha value is -2.21. The number of carbonyl (C=O) groups excluding carboxylic acids is 1. The minimum absolute atomic E-state index is 0.0537. The van der Waals surface area contributed by atoms with Crippen LogP contribution in [0.3, 0.4) is 0 Å². The first-order valence-corrected chi connectivity index (χ1v) is 8.27. The first-order chi connectivity index (χ1) is 11.2. The van der Waals surface area contributed by atoms with Crippen molar-refractivity contribution in [1.29, 1.82) is 0 Å².